The molecule has 3 N–H and O–H groups in total. The quantitative estimate of drug-likeness (QED) is 0.672. The minimum absolute atomic E-state index is 0.0731. The molecule has 15 heavy (non-hydrogen) atoms. The van der Waals surface area contributed by atoms with E-state index in [0.717, 1.165) is 12.8 Å². The first kappa shape index (κ1) is 10.3. The van der Waals surface area contributed by atoms with Gasteiger partial charge in [-0.1, -0.05) is 0 Å². The summed E-state index contributed by atoms with van der Waals surface area (Å²) in [5.74, 6) is 0.571. The van der Waals surface area contributed by atoms with Gasteiger partial charge in [0.2, 0.25) is 5.76 Å². The van der Waals surface area contributed by atoms with E-state index in [-0.39, 0.29) is 17.7 Å². The Balaban J connectivity index is 1.86. The third-order valence-corrected chi connectivity index (χ3v) is 2.63. The molecule has 2 aliphatic rings. The van der Waals surface area contributed by atoms with Crippen LogP contribution in [0.5, 0.6) is 0 Å². The molecule has 1 amide bonds. The predicted molar refractivity (Wildman–Crippen MR) is 53.7 cm³/mol. The lowest BCUT2D eigenvalue weighted by Gasteiger charge is -2.19. The Morgan fingerprint density at radius 2 is 2.40 bits per heavy atom. The number of rotatable bonds is 4. The van der Waals surface area contributed by atoms with Crippen molar-refractivity contribution in [1.82, 2.24) is 5.32 Å². The van der Waals surface area contributed by atoms with Crippen LogP contribution in [0, 0.1) is 5.92 Å². The molecule has 0 radical (unpaired) electrons. The van der Waals surface area contributed by atoms with Crippen molar-refractivity contribution < 1.29 is 14.3 Å². The Morgan fingerprint density at radius 3 is 2.93 bits per heavy atom. The Bertz CT molecular complexity index is 274. The van der Waals surface area contributed by atoms with Crippen LogP contribution < -0.4 is 11.1 Å². The smallest absolute Gasteiger partial charge is 0.289 e. The van der Waals surface area contributed by atoms with Crippen molar-refractivity contribution in [3.63, 3.8) is 0 Å². The van der Waals surface area contributed by atoms with Gasteiger partial charge in [0.1, 0.15) is 19.5 Å². The molecule has 1 heterocycles. The molecule has 0 aromatic carbocycles. The lowest BCUT2D eigenvalue weighted by molar-refractivity contribution is -0.123. The summed E-state index contributed by atoms with van der Waals surface area (Å²) in [6.07, 6.45) is 3.66. The van der Waals surface area contributed by atoms with Gasteiger partial charge in [0.05, 0.1) is 0 Å². The molecule has 0 bridgehead atoms. The van der Waals surface area contributed by atoms with Crippen molar-refractivity contribution in [3.05, 3.63) is 12.0 Å². The van der Waals surface area contributed by atoms with E-state index in [2.05, 4.69) is 5.32 Å². The maximum atomic E-state index is 11.7. The van der Waals surface area contributed by atoms with Crippen LogP contribution >= 0.6 is 0 Å². The fourth-order valence-corrected chi connectivity index (χ4v) is 1.59. The first-order valence-corrected chi connectivity index (χ1v) is 5.26. The van der Waals surface area contributed by atoms with E-state index in [4.69, 9.17) is 15.2 Å². The summed E-state index contributed by atoms with van der Waals surface area (Å²) in [5, 5.41) is 2.86. The van der Waals surface area contributed by atoms with Gasteiger partial charge in [-0.2, -0.15) is 0 Å². The highest BCUT2D eigenvalue weighted by Crippen LogP contribution is 2.32. The lowest BCUT2D eigenvalue weighted by Crippen LogP contribution is -2.43. The lowest BCUT2D eigenvalue weighted by atomic mass is 10.2. The summed E-state index contributed by atoms with van der Waals surface area (Å²) in [6, 6.07) is 0.0731. The molecular formula is C10H16N2O3. The van der Waals surface area contributed by atoms with Crippen LogP contribution in [-0.4, -0.2) is 31.7 Å². The molecule has 0 spiro atoms. The highest BCUT2D eigenvalue weighted by atomic mass is 16.6. The van der Waals surface area contributed by atoms with Gasteiger partial charge in [0.25, 0.3) is 5.91 Å². The van der Waals surface area contributed by atoms with E-state index < -0.39 is 0 Å². The zero-order valence-electron chi connectivity index (χ0n) is 8.57. The van der Waals surface area contributed by atoms with Crippen LogP contribution in [0.4, 0.5) is 0 Å². The molecule has 84 valence electrons. The van der Waals surface area contributed by atoms with Gasteiger partial charge in [0.15, 0.2) is 0 Å². The average Bonchev–Trinajstić information content (AvgIpc) is 3.10. The maximum absolute atomic E-state index is 11.7. The topological polar surface area (TPSA) is 73.6 Å². The summed E-state index contributed by atoms with van der Waals surface area (Å²) >= 11 is 0. The number of ether oxygens (including phenoxy) is 2. The molecule has 5 heteroatoms. The molecule has 1 unspecified atom stereocenters. The van der Waals surface area contributed by atoms with E-state index in [0.29, 0.717) is 25.7 Å². The largest absolute Gasteiger partial charge is 0.494 e. The fourth-order valence-electron chi connectivity index (χ4n) is 1.59. The van der Waals surface area contributed by atoms with E-state index in [1.807, 2.05) is 0 Å². The van der Waals surface area contributed by atoms with Crippen LogP contribution in [0.1, 0.15) is 12.8 Å². The van der Waals surface area contributed by atoms with E-state index in [1.165, 1.54) is 6.26 Å². The van der Waals surface area contributed by atoms with Crippen LogP contribution in [0.2, 0.25) is 0 Å². The summed E-state index contributed by atoms with van der Waals surface area (Å²) in [4.78, 5) is 11.7. The fraction of sp³-hybridized carbons (Fsp3) is 0.700. The molecule has 1 fully saturated rings. The minimum atomic E-state index is -0.225. The Hall–Kier alpha value is -1.23. The van der Waals surface area contributed by atoms with Gasteiger partial charge in [-0.15, -0.1) is 0 Å². The maximum Gasteiger partial charge on any atom is 0.289 e. The number of carbonyl (C=O) groups excluding carboxylic acids is 1. The summed E-state index contributed by atoms with van der Waals surface area (Å²) in [7, 11) is 0. The normalized spacial score (nSPS) is 22.1. The van der Waals surface area contributed by atoms with Gasteiger partial charge in [-0.25, -0.2) is 0 Å². The molecule has 1 aliphatic heterocycles. The Morgan fingerprint density at radius 1 is 1.60 bits per heavy atom. The SMILES string of the molecule is NCC(NC(=O)C1=COCCO1)C1CC1. The molecule has 1 saturated carbocycles. The number of amides is 1. The van der Waals surface area contributed by atoms with Crippen molar-refractivity contribution in [3.8, 4) is 0 Å². The van der Waals surface area contributed by atoms with E-state index in [1.54, 1.807) is 0 Å². The summed E-state index contributed by atoms with van der Waals surface area (Å²) in [6.45, 7) is 1.40. The second kappa shape index (κ2) is 4.53. The summed E-state index contributed by atoms with van der Waals surface area (Å²) < 4.78 is 10.2. The zero-order valence-corrected chi connectivity index (χ0v) is 8.57. The first-order valence-electron chi connectivity index (χ1n) is 5.26. The van der Waals surface area contributed by atoms with Crippen LogP contribution in [0.3, 0.4) is 0 Å². The molecule has 5 nitrogen and oxygen atoms in total. The van der Waals surface area contributed by atoms with Crippen LogP contribution in [0.25, 0.3) is 0 Å². The minimum Gasteiger partial charge on any atom is -0.494 e. The zero-order chi connectivity index (χ0) is 10.7. The first-order chi connectivity index (χ1) is 7.31. The molecule has 1 aliphatic carbocycles. The van der Waals surface area contributed by atoms with Crippen molar-refractivity contribution in [1.29, 1.82) is 0 Å². The van der Waals surface area contributed by atoms with Crippen LogP contribution in [-0.2, 0) is 14.3 Å². The number of carbonyl (C=O) groups is 1. The monoisotopic (exact) mass is 212 g/mol. The Kier molecular flexibility index (Phi) is 3.11. The second-order valence-electron chi connectivity index (χ2n) is 3.85. The Labute approximate surface area is 88.6 Å². The average molecular weight is 212 g/mol. The van der Waals surface area contributed by atoms with Crippen molar-refractivity contribution >= 4 is 5.91 Å². The highest BCUT2D eigenvalue weighted by molar-refractivity contribution is 5.91. The van der Waals surface area contributed by atoms with E-state index >= 15 is 0 Å². The second-order valence-corrected chi connectivity index (χ2v) is 3.85. The van der Waals surface area contributed by atoms with Crippen molar-refractivity contribution in [2.24, 2.45) is 11.7 Å². The third kappa shape index (κ3) is 2.62. The van der Waals surface area contributed by atoms with Crippen molar-refractivity contribution in [2.45, 2.75) is 18.9 Å². The van der Waals surface area contributed by atoms with Gasteiger partial charge in [-0.05, 0) is 18.8 Å². The van der Waals surface area contributed by atoms with Gasteiger partial charge >= 0.3 is 0 Å². The molecule has 0 saturated heterocycles. The third-order valence-electron chi connectivity index (χ3n) is 2.63. The standard InChI is InChI=1S/C10H16N2O3/c11-5-8(7-1-2-7)12-10(13)9-6-14-3-4-15-9/h6-8H,1-5,11H2,(H,12,13). The molecule has 0 aromatic rings. The summed E-state index contributed by atoms with van der Waals surface area (Å²) in [5.41, 5.74) is 5.59. The van der Waals surface area contributed by atoms with Crippen molar-refractivity contribution in [2.75, 3.05) is 19.8 Å². The van der Waals surface area contributed by atoms with Gasteiger partial charge < -0.3 is 20.5 Å². The van der Waals surface area contributed by atoms with Crippen LogP contribution in [0.15, 0.2) is 12.0 Å². The molecule has 0 aromatic heterocycles. The molecule has 1 atom stereocenters. The predicted octanol–water partition coefficient (Wildman–Crippen LogP) is -0.272. The number of nitrogens with two attached hydrogens (primary N) is 1. The number of hydrogen-bond acceptors (Lipinski definition) is 4. The number of hydrogen-bond donors (Lipinski definition) is 2. The molecular weight excluding hydrogens is 196 g/mol. The highest BCUT2D eigenvalue weighted by Gasteiger charge is 2.32. The number of nitrogens with one attached hydrogen (secondary N) is 1. The molecule has 2 rings (SSSR count). The van der Waals surface area contributed by atoms with Gasteiger partial charge in [0, 0.05) is 12.6 Å². The van der Waals surface area contributed by atoms with Gasteiger partial charge in [-0.3, -0.25) is 4.79 Å². The van der Waals surface area contributed by atoms with E-state index in [9.17, 15) is 4.79 Å².